The van der Waals surface area contributed by atoms with Gasteiger partial charge in [0.25, 0.3) is 0 Å². The predicted octanol–water partition coefficient (Wildman–Crippen LogP) is 5.20. The normalized spacial score (nSPS) is 17.3. The summed E-state index contributed by atoms with van der Waals surface area (Å²) in [5, 5.41) is 1.20. The van der Waals surface area contributed by atoms with Crippen LogP contribution in [0.1, 0.15) is 5.56 Å². The summed E-state index contributed by atoms with van der Waals surface area (Å²) in [4.78, 5) is 1.38. The smallest absolute Gasteiger partial charge is 0.133 e. The Morgan fingerprint density at radius 2 is 2.11 bits per heavy atom. The van der Waals surface area contributed by atoms with Crippen LogP contribution in [0.15, 0.2) is 51.8 Å². The quantitative estimate of drug-likeness (QED) is 0.748. The minimum absolute atomic E-state index is 0.486. The maximum Gasteiger partial charge on any atom is 0.133 e. The van der Waals surface area contributed by atoms with Crippen molar-refractivity contribution in [1.29, 1.82) is 0 Å². The molecule has 1 heterocycles. The average molecular weight is 356 g/mol. The molecule has 0 radical (unpaired) electrons. The second-order valence-corrected chi connectivity index (χ2v) is 7.07. The van der Waals surface area contributed by atoms with Gasteiger partial charge in [0.05, 0.1) is 4.47 Å². The number of thioether (sulfide) groups is 1. The molecule has 0 fully saturated rings. The Morgan fingerprint density at radius 3 is 2.89 bits per heavy atom. The van der Waals surface area contributed by atoms with Gasteiger partial charge in [0.2, 0.25) is 0 Å². The van der Waals surface area contributed by atoms with Gasteiger partial charge in [-0.05, 0) is 52.2 Å². The maximum atomic E-state index is 5.92. The summed E-state index contributed by atoms with van der Waals surface area (Å²) in [6, 6.07) is 14.2. The first kappa shape index (κ1) is 13.3. The third-order valence-corrected chi connectivity index (χ3v) is 5.18. The molecule has 1 aliphatic rings. The molecule has 0 amide bonds. The Bertz CT molecular complexity index is 577. The summed E-state index contributed by atoms with van der Waals surface area (Å²) in [6.07, 6.45) is 1.08. The number of halogens is 2. The molecule has 0 bridgehead atoms. The highest BCUT2D eigenvalue weighted by Gasteiger charge is 2.22. The van der Waals surface area contributed by atoms with E-state index in [1.165, 1.54) is 10.5 Å². The fraction of sp³-hybridized carbons (Fsp3) is 0.200. The molecular weight excluding hydrogens is 344 g/mol. The van der Waals surface area contributed by atoms with E-state index in [-0.39, 0.29) is 0 Å². The lowest BCUT2D eigenvalue weighted by Gasteiger charge is -2.12. The van der Waals surface area contributed by atoms with Gasteiger partial charge in [-0.3, -0.25) is 0 Å². The molecule has 4 heteroatoms. The van der Waals surface area contributed by atoms with E-state index >= 15 is 0 Å². The van der Waals surface area contributed by atoms with Crippen LogP contribution in [0.4, 0.5) is 0 Å². The zero-order valence-corrected chi connectivity index (χ0v) is 13.3. The van der Waals surface area contributed by atoms with E-state index in [1.54, 1.807) is 0 Å². The fourth-order valence-corrected chi connectivity index (χ4v) is 4.14. The highest BCUT2D eigenvalue weighted by Crippen LogP contribution is 2.37. The number of benzene rings is 2. The third kappa shape index (κ3) is 3.10. The van der Waals surface area contributed by atoms with Crippen molar-refractivity contribution in [1.82, 2.24) is 0 Å². The first-order chi connectivity index (χ1) is 9.22. The average Bonchev–Trinajstić information content (AvgIpc) is 2.80. The Hall–Kier alpha value is -0.640. The summed E-state index contributed by atoms with van der Waals surface area (Å²) in [5.74, 6) is 0.848. The molecule has 19 heavy (non-hydrogen) atoms. The summed E-state index contributed by atoms with van der Waals surface area (Å²) >= 11 is 11.3. The van der Waals surface area contributed by atoms with E-state index in [4.69, 9.17) is 16.3 Å². The Labute approximate surface area is 130 Å². The molecule has 0 saturated carbocycles. The lowest BCUT2D eigenvalue weighted by atomic mass is 10.1. The lowest BCUT2D eigenvalue weighted by molar-refractivity contribution is 0.315. The van der Waals surface area contributed by atoms with Crippen LogP contribution in [0.5, 0.6) is 5.75 Å². The lowest BCUT2D eigenvalue weighted by Crippen LogP contribution is -2.13. The largest absolute Gasteiger partial charge is 0.491 e. The third-order valence-electron chi connectivity index (χ3n) is 3.03. The van der Waals surface area contributed by atoms with Crippen molar-refractivity contribution in [2.45, 2.75) is 16.6 Å². The number of ether oxygens (including phenoxy) is 1. The van der Waals surface area contributed by atoms with Crippen LogP contribution in [0, 0.1) is 0 Å². The van der Waals surface area contributed by atoms with Gasteiger partial charge < -0.3 is 4.74 Å². The van der Waals surface area contributed by atoms with Crippen molar-refractivity contribution in [3.05, 3.63) is 57.5 Å². The number of hydrogen-bond donors (Lipinski definition) is 0. The number of fused-ring (bicyclic) bond motifs is 1. The number of rotatable bonds is 3. The second-order valence-electron chi connectivity index (χ2n) is 4.44. The highest BCUT2D eigenvalue weighted by molar-refractivity contribution is 9.10. The predicted molar refractivity (Wildman–Crippen MR) is 84.4 cm³/mol. The first-order valence-electron chi connectivity index (χ1n) is 6.05. The molecule has 0 spiro atoms. The molecule has 0 N–H and O–H groups in total. The minimum Gasteiger partial charge on any atom is -0.491 e. The van der Waals surface area contributed by atoms with Gasteiger partial charge in [-0.2, -0.15) is 0 Å². The molecule has 0 saturated heterocycles. The highest BCUT2D eigenvalue weighted by atomic mass is 79.9. The molecule has 98 valence electrons. The van der Waals surface area contributed by atoms with Crippen LogP contribution in [-0.4, -0.2) is 11.9 Å². The van der Waals surface area contributed by atoms with Gasteiger partial charge >= 0.3 is 0 Å². The topological polar surface area (TPSA) is 9.23 Å². The van der Waals surface area contributed by atoms with Crippen LogP contribution in [0.2, 0.25) is 5.02 Å². The van der Waals surface area contributed by atoms with E-state index in [0.717, 1.165) is 16.6 Å². The van der Waals surface area contributed by atoms with Crippen molar-refractivity contribution in [3.8, 4) is 5.75 Å². The van der Waals surface area contributed by atoms with Gasteiger partial charge in [0, 0.05) is 15.2 Å². The maximum absolute atomic E-state index is 5.92. The molecule has 3 rings (SSSR count). The van der Waals surface area contributed by atoms with Crippen LogP contribution in [0.25, 0.3) is 0 Å². The van der Waals surface area contributed by atoms with Crippen LogP contribution >= 0.6 is 39.3 Å². The van der Waals surface area contributed by atoms with Crippen LogP contribution < -0.4 is 4.74 Å². The van der Waals surface area contributed by atoms with Gasteiger partial charge in [-0.25, -0.2) is 0 Å². The summed E-state index contributed by atoms with van der Waals surface area (Å²) in [6.45, 7) is 0.708. The SMILES string of the molecule is Clc1ccc(OCC2Cc3ccccc3S2)c(Br)c1. The molecule has 1 aliphatic heterocycles. The zero-order valence-electron chi connectivity index (χ0n) is 10.1. The molecule has 2 aromatic carbocycles. The minimum atomic E-state index is 0.486. The number of hydrogen-bond acceptors (Lipinski definition) is 2. The molecule has 0 aromatic heterocycles. The Balaban J connectivity index is 1.63. The van der Waals surface area contributed by atoms with Crippen LogP contribution in [-0.2, 0) is 6.42 Å². The van der Waals surface area contributed by atoms with Gasteiger partial charge in [-0.1, -0.05) is 29.8 Å². The fourth-order valence-electron chi connectivity index (χ4n) is 2.12. The summed E-state index contributed by atoms with van der Waals surface area (Å²) in [5.41, 5.74) is 1.43. The van der Waals surface area contributed by atoms with Gasteiger partial charge in [-0.15, -0.1) is 11.8 Å². The van der Waals surface area contributed by atoms with Crippen molar-refractivity contribution in [2.75, 3.05) is 6.61 Å². The van der Waals surface area contributed by atoms with E-state index in [1.807, 2.05) is 30.0 Å². The molecular formula is C15H12BrClOS. The Kier molecular flexibility index (Phi) is 4.06. The van der Waals surface area contributed by atoms with Crippen molar-refractivity contribution in [2.24, 2.45) is 0 Å². The van der Waals surface area contributed by atoms with Gasteiger partial charge in [0.15, 0.2) is 0 Å². The van der Waals surface area contributed by atoms with Crippen LogP contribution in [0.3, 0.4) is 0 Å². The summed E-state index contributed by atoms with van der Waals surface area (Å²) < 4.78 is 6.78. The van der Waals surface area contributed by atoms with E-state index in [2.05, 4.69) is 40.2 Å². The van der Waals surface area contributed by atoms with E-state index in [0.29, 0.717) is 16.9 Å². The van der Waals surface area contributed by atoms with E-state index < -0.39 is 0 Å². The zero-order chi connectivity index (χ0) is 13.2. The van der Waals surface area contributed by atoms with Crippen molar-refractivity contribution < 1.29 is 4.74 Å². The molecule has 0 aliphatic carbocycles. The molecule has 1 unspecified atom stereocenters. The van der Waals surface area contributed by atoms with Crippen molar-refractivity contribution in [3.63, 3.8) is 0 Å². The van der Waals surface area contributed by atoms with Crippen molar-refractivity contribution >= 4 is 39.3 Å². The standard InChI is InChI=1S/C15H12BrClOS/c16-13-8-11(17)5-6-14(13)18-9-12-7-10-3-1-2-4-15(10)19-12/h1-6,8,12H,7,9H2. The second kappa shape index (κ2) is 5.78. The summed E-state index contributed by atoms with van der Waals surface area (Å²) in [7, 11) is 0. The molecule has 1 atom stereocenters. The monoisotopic (exact) mass is 354 g/mol. The Morgan fingerprint density at radius 1 is 1.26 bits per heavy atom. The van der Waals surface area contributed by atoms with E-state index in [9.17, 15) is 0 Å². The first-order valence-corrected chi connectivity index (χ1v) is 8.10. The van der Waals surface area contributed by atoms with Gasteiger partial charge in [0.1, 0.15) is 12.4 Å². The molecule has 1 nitrogen and oxygen atoms in total. The molecule has 2 aromatic rings.